The molecule has 106 valence electrons. The molecule has 0 aromatic rings. The molecule has 0 heterocycles. The first kappa shape index (κ1) is 15.7. The summed E-state index contributed by atoms with van der Waals surface area (Å²) in [7, 11) is 0. The number of carbonyl (C=O) groups excluding carboxylic acids is 1. The molecule has 2 heteroatoms. The fourth-order valence-corrected chi connectivity index (χ4v) is 3.02. The van der Waals surface area contributed by atoms with Crippen LogP contribution in [-0.4, -0.2) is 29.8 Å². The van der Waals surface area contributed by atoms with Gasteiger partial charge in [-0.15, -0.1) is 0 Å². The highest BCUT2D eigenvalue weighted by molar-refractivity contribution is 5.87. The minimum absolute atomic E-state index is 0.0939. The molecule has 0 aliphatic heterocycles. The average molecular weight is 253 g/mol. The van der Waals surface area contributed by atoms with Gasteiger partial charge in [-0.3, -0.25) is 9.69 Å². The third kappa shape index (κ3) is 4.08. The van der Waals surface area contributed by atoms with Crippen molar-refractivity contribution in [1.29, 1.82) is 0 Å². The van der Waals surface area contributed by atoms with Gasteiger partial charge in [-0.2, -0.15) is 0 Å². The Kier molecular flexibility index (Phi) is 5.39. The van der Waals surface area contributed by atoms with Crippen LogP contribution in [0.5, 0.6) is 0 Å². The van der Waals surface area contributed by atoms with Gasteiger partial charge in [-0.1, -0.05) is 34.1 Å². The molecule has 1 fully saturated rings. The second-order valence-electron chi connectivity index (χ2n) is 7.28. The number of hydrogen-bond acceptors (Lipinski definition) is 2. The fourth-order valence-electron chi connectivity index (χ4n) is 3.02. The molecule has 2 nitrogen and oxygen atoms in total. The number of carbonyl (C=O) groups is 1. The lowest BCUT2D eigenvalue weighted by Gasteiger charge is -2.38. The molecule has 1 atom stereocenters. The van der Waals surface area contributed by atoms with E-state index in [2.05, 4.69) is 46.4 Å². The lowest BCUT2D eigenvalue weighted by molar-refractivity contribution is -0.135. The van der Waals surface area contributed by atoms with Gasteiger partial charge in [0.25, 0.3) is 0 Å². The molecule has 1 unspecified atom stereocenters. The summed E-state index contributed by atoms with van der Waals surface area (Å²) in [6.45, 7) is 15.3. The van der Waals surface area contributed by atoms with E-state index in [1.54, 1.807) is 0 Å². The quantitative estimate of drug-likeness (QED) is 0.744. The Labute approximate surface area is 113 Å². The third-order valence-electron chi connectivity index (χ3n) is 4.18. The maximum atomic E-state index is 12.5. The summed E-state index contributed by atoms with van der Waals surface area (Å²) in [6, 6.07) is 0.533. The zero-order chi connectivity index (χ0) is 13.9. The molecule has 0 saturated heterocycles. The molecular weight excluding hydrogens is 222 g/mol. The van der Waals surface area contributed by atoms with Crippen LogP contribution in [0.1, 0.15) is 60.8 Å². The van der Waals surface area contributed by atoms with E-state index in [4.69, 9.17) is 0 Å². The SMILES string of the molecule is CC(C)CN(CC1CCCC(C)(C)C1=O)C(C)C. The van der Waals surface area contributed by atoms with E-state index in [-0.39, 0.29) is 11.3 Å². The third-order valence-corrected chi connectivity index (χ3v) is 4.18. The summed E-state index contributed by atoms with van der Waals surface area (Å²) in [6.07, 6.45) is 3.36. The Bertz CT molecular complexity index is 281. The van der Waals surface area contributed by atoms with Crippen molar-refractivity contribution in [3.8, 4) is 0 Å². The summed E-state index contributed by atoms with van der Waals surface area (Å²) in [5.41, 5.74) is -0.0939. The van der Waals surface area contributed by atoms with Crippen LogP contribution in [0.15, 0.2) is 0 Å². The normalized spacial score (nSPS) is 24.3. The van der Waals surface area contributed by atoms with Crippen LogP contribution in [0.2, 0.25) is 0 Å². The minimum Gasteiger partial charge on any atom is -0.300 e. The average Bonchev–Trinajstić information content (AvgIpc) is 2.22. The van der Waals surface area contributed by atoms with Gasteiger partial charge in [0, 0.05) is 30.5 Å². The van der Waals surface area contributed by atoms with Gasteiger partial charge < -0.3 is 0 Å². The lowest BCUT2D eigenvalue weighted by atomic mass is 9.71. The predicted molar refractivity (Wildman–Crippen MR) is 77.7 cm³/mol. The monoisotopic (exact) mass is 253 g/mol. The van der Waals surface area contributed by atoms with E-state index in [9.17, 15) is 4.79 Å². The van der Waals surface area contributed by atoms with Crippen molar-refractivity contribution < 1.29 is 4.79 Å². The summed E-state index contributed by atoms with van der Waals surface area (Å²) in [5.74, 6) is 1.41. The van der Waals surface area contributed by atoms with Crippen molar-refractivity contribution in [3.63, 3.8) is 0 Å². The Morgan fingerprint density at radius 3 is 2.39 bits per heavy atom. The van der Waals surface area contributed by atoms with Crippen LogP contribution < -0.4 is 0 Å². The van der Waals surface area contributed by atoms with Gasteiger partial charge in [0.2, 0.25) is 0 Å². The smallest absolute Gasteiger partial charge is 0.142 e. The van der Waals surface area contributed by atoms with Crippen molar-refractivity contribution in [2.75, 3.05) is 13.1 Å². The van der Waals surface area contributed by atoms with Crippen LogP contribution in [-0.2, 0) is 4.79 Å². The zero-order valence-electron chi connectivity index (χ0n) is 13.1. The standard InChI is InChI=1S/C16H31NO/c1-12(2)10-17(13(3)4)11-14-8-7-9-16(5,6)15(14)18/h12-14H,7-11H2,1-6H3. The Hall–Kier alpha value is -0.370. The van der Waals surface area contributed by atoms with Crippen LogP contribution in [0, 0.1) is 17.3 Å². The minimum atomic E-state index is -0.0939. The molecule has 0 amide bonds. The highest BCUT2D eigenvalue weighted by atomic mass is 16.1. The molecule has 1 aliphatic rings. The Morgan fingerprint density at radius 2 is 1.89 bits per heavy atom. The van der Waals surface area contributed by atoms with Gasteiger partial charge in [0.15, 0.2) is 0 Å². The molecule has 0 N–H and O–H groups in total. The van der Waals surface area contributed by atoms with E-state index in [0.29, 0.717) is 17.7 Å². The second-order valence-corrected chi connectivity index (χ2v) is 7.28. The first-order valence-electron chi connectivity index (χ1n) is 7.52. The highest BCUT2D eigenvalue weighted by Crippen LogP contribution is 2.35. The molecule has 0 aromatic heterocycles. The molecule has 1 aliphatic carbocycles. The highest BCUT2D eigenvalue weighted by Gasteiger charge is 2.37. The van der Waals surface area contributed by atoms with Crippen molar-refractivity contribution in [3.05, 3.63) is 0 Å². The number of rotatable bonds is 5. The second kappa shape index (κ2) is 6.18. The predicted octanol–water partition coefficient (Wildman–Crippen LogP) is 3.75. The molecule has 1 rings (SSSR count). The molecule has 0 aromatic carbocycles. The number of hydrogen-bond donors (Lipinski definition) is 0. The molecule has 0 radical (unpaired) electrons. The van der Waals surface area contributed by atoms with Crippen LogP contribution in [0.25, 0.3) is 0 Å². The van der Waals surface area contributed by atoms with Crippen LogP contribution in [0.3, 0.4) is 0 Å². The van der Waals surface area contributed by atoms with Crippen molar-refractivity contribution in [2.24, 2.45) is 17.3 Å². The van der Waals surface area contributed by atoms with Gasteiger partial charge in [-0.25, -0.2) is 0 Å². The van der Waals surface area contributed by atoms with Crippen LogP contribution in [0.4, 0.5) is 0 Å². The van der Waals surface area contributed by atoms with Crippen molar-refractivity contribution >= 4 is 5.78 Å². The van der Waals surface area contributed by atoms with Gasteiger partial charge in [0.1, 0.15) is 5.78 Å². The summed E-state index contributed by atoms with van der Waals surface area (Å²) in [5, 5.41) is 0. The summed E-state index contributed by atoms with van der Waals surface area (Å²) in [4.78, 5) is 14.9. The zero-order valence-corrected chi connectivity index (χ0v) is 13.1. The van der Waals surface area contributed by atoms with E-state index < -0.39 is 0 Å². The van der Waals surface area contributed by atoms with Crippen molar-refractivity contribution in [1.82, 2.24) is 4.90 Å². The van der Waals surface area contributed by atoms with Crippen molar-refractivity contribution in [2.45, 2.75) is 66.8 Å². The van der Waals surface area contributed by atoms with Gasteiger partial charge >= 0.3 is 0 Å². The molecule has 0 spiro atoms. The van der Waals surface area contributed by atoms with Gasteiger partial charge in [-0.05, 0) is 32.6 Å². The maximum Gasteiger partial charge on any atom is 0.142 e. The first-order chi connectivity index (χ1) is 8.24. The van der Waals surface area contributed by atoms with Gasteiger partial charge in [0.05, 0.1) is 0 Å². The molecule has 0 bridgehead atoms. The number of nitrogens with zero attached hydrogens (tertiary/aromatic N) is 1. The first-order valence-corrected chi connectivity index (χ1v) is 7.52. The fraction of sp³-hybridized carbons (Fsp3) is 0.938. The van der Waals surface area contributed by atoms with E-state index >= 15 is 0 Å². The number of ketones is 1. The number of Topliss-reactive ketones (excluding diaryl/α,β-unsaturated/α-hetero) is 1. The topological polar surface area (TPSA) is 20.3 Å². The van der Waals surface area contributed by atoms with E-state index in [1.165, 1.54) is 6.42 Å². The van der Waals surface area contributed by atoms with E-state index in [1.807, 2.05) is 0 Å². The Morgan fingerprint density at radius 1 is 1.28 bits per heavy atom. The Balaban J connectivity index is 2.66. The van der Waals surface area contributed by atoms with E-state index in [0.717, 1.165) is 25.9 Å². The summed E-state index contributed by atoms with van der Waals surface area (Å²) >= 11 is 0. The lowest BCUT2D eigenvalue weighted by Crippen LogP contribution is -2.44. The largest absolute Gasteiger partial charge is 0.300 e. The molecule has 18 heavy (non-hydrogen) atoms. The van der Waals surface area contributed by atoms with Crippen LogP contribution >= 0.6 is 0 Å². The molecular formula is C16H31NO. The maximum absolute atomic E-state index is 12.5. The molecule has 1 saturated carbocycles. The summed E-state index contributed by atoms with van der Waals surface area (Å²) < 4.78 is 0.